The lowest BCUT2D eigenvalue weighted by atomic mass is 10.1. The molecule has 1 aromatic carbocycles. The van der Waals surface area contributed by atoms with Crippen molar-refractivity contribution in [2.24, 2.45) is 0 Å². The van der Waals surface area contributed by atoms with Gasteiger partial charge in [0.25, 0.3) is 0 Å². The topological polar surface area (TPSA) is 32.5 Å². The van der Waals surface area contributed by atoms with Gasteiger partial charge in [-0.3, -0.25) is 4.90 Å². The van der Waals surface area contributed by atoms with Crippen molar-refractivity contribution in [1.29, 1.82) is 0 Å². The predicted molar refractivity (Wildman–Crippen MR) is 77.6 cm³/mol. The lowest BCUT2D eigenvalue weighted by molar-refractivity contribution is 0.127. The summed E-state index contributed by atoms with van der Waals surface area (Å²) in [5.41, 5.74) is 9.32. The smallest absolute Gasteiger partial charge is 0.0343 e. The largest absolute Gasteiger partial charge is 0.399 e. The fraction of sp³-hybridized carbons (Fsp3) is 0.600. The van der Waals surface area contributed by atoms with Crippen molar-refractivity contribution in [2.75, 3.05) is 38.5 Å². The molecule has 1 saturated heterocycles. The first-order valence-corrected chi connectivity index (χ1v) is 6.98. The number of nitrogens with two attached hydrogens (primary N) is 1. The Labute approximate surface area is 111 Å². The predicted octanol–water partition coefficient (Wildman–Crippen LogP) is 2.10. The number of anilines is 1. The second-order valence-corrected chi connectivity index (χ2v) is 5.31. The summed E-state index contributed by atoms with van der Waals surface area (Å²) < 4.78 is 0. The molecule has 100 valence electrons. The number of aryl methyl sites for hydroxylation is 1. The molecule has 2 rings (SSSR count). The molecule has 0 saturated carbocycles. The average Bonchev–Trinajstić information content (AvgIpc) is 2.37. The van der Waals surface area contributed by atoms with Crippen LogP contribution in [0.15, 0.2) is 18.2 Å². The fourth-order valence-corrected chi connectivity index (χ4v) is 2.58. The lowest BCUT2D eigenvalue weighted by Crippen LogP contribution is -2.45. The molecular formula is C15H25N3. The Kier molecular flexibility index (Phi) is 4.61. The van der Waals surface area contributed by atoms with Crippen molar-refractivity contribution >= 4 is 5.69 Å². The highest BCUT2D eigenvalue weighted by molar-refractivity contribution is 5.47. The van der Waals surface area contributed by atoms with Crippen molar-refractivity contribution in [3.8, 4) is 0 Å². The van der Waals surface area contributed by atoms with E-state index in [2.05, 4.69) is 35.8 Å². The molecule has 0 amide bonds. The van der Waals surface area contributed by atoms with Gasteiger partial charge in [-0.2, -0.15) is 0 Å². The standard InChI is InChI=1S/C15H25N3/c1-3-6-17-7-9-18(10-8-17)12-14-4-5-15(16)13(2)11-14/h4-5,11H,3,6-10,12,16H2,1-2H3. The number of benzene rings is 1. The van der Waals surface area contributed by atoms with E-state index in [9.17, 15) is 0 Å². The number of rotatable bonds is 4. The highest BCUT2D eigenvalue weighted by Crippen LogP contribution is 2.15. The molecule has 3 heteroatoms. The van der Waals surface area contributed by atoms with Crippen LogP contribution in [0.3, 0.4) is 0 Å². The van der Waals surface area contributed by atoms with Gasteiger partial charge in [-0.05, 0) is 37.1 Å². The second kappa shape index (κ2) is 6.21. The molecule has 1 aliphatic heterocycles. The molecule has 0 aliphatic carbocycles. The van der Waals surface area contributed by atoms with Crippen LogP contribution in [-0.2, 0) is 6.54 Å². The number of nitrogen functional groups attached to an aromatic ring is 1. The summed E-state index contributed by atoms with van der Waals surface area (Å²) in [5.74, 6) is 0. The summed E-state index contributed by atoms with van der Waals surface area (Å²) in [6.45, 7) is 11.4. The Hall–Kier alpha value is -1.06. The van der Waals surface area contributed by atoms with Crippen molar-refractivity contribution in [1.82, 2.24) is 9.80 Å². The minimum atomic E-state index is 0.895. The van der Waals surface area contributed by atoms with Crippen LogP contribution in [-0.4, -0.2) is 42.5 Å². The Morgan fingerprint density at radius 3 is 2.39 bits per heavy atom. The van der Waals surface area contributed by atoms with E-state index in [4.69, 9.17) is 5.73 Å². The molecule has 1 fully saturated rings. The third-order valence-electron chi connectivity index (χ3n) is 3.75. The first kappa shape index (κ1) is 13.4. The molecule has 1 heterocycles. The lowest BCUT2D eigenvalue weighted by Gasteiger charge is -2.34. The van der Waals surface area contributed by atoms with Gasteiger partial charge in [0.15, 0.2) is 0 Å². The number of piperazine rings is 1. The first-order chi connectivity index (χ1) is 8.69. The zero-order valence-electron chi connectivity index (χ0n) is 11.7. The van der Waals surface area contributed by atoms with Gasteiger partial charge in [-0.15, -0.1) is 0 Å². The van der Waals surface area contributed by atoms with E-state index < -0.39 is 0 Å². The summed E-state index contributed by atoms with van der Waals surface area (Å²) in [7, 11) is 0. The van der Waals surface area contributed by atoms with Crippen molar-refractivity contribution < 1.29 is 0 Å². The normalized spacial score (nSPS) is 18.1. The van der Waals surface area contributed by atoms with Crippen LogP contribution >= 0.6 is 0 Å². The number of hydrogen-bond acceptors (Lipinski definition) is 3. The summed E-state index contributed by atoms with van der Waals surface area (Å²) in [4.78, 5) is 5.10. The van der Waals surface area contributed by atoms with E-state index in [0.29, 0.717) is 0 Å². The maximum atomic E-state index is 5.85. The van der Waals surface area contributed by atoms with Crippen LogP contribution in [0.2, 0.25) is 0 Å². The average molecular weight is 247 g/mol. The Bertz CT molecular complexity index is 381. The van der Waals surface area contributed by atoms with Crippen molar-refractivity contribution in [3.05, 3.63) is 29.3 Å². The van der Waals surface area contributed by atoms with E-state index in [0.717, 1.165) is 12.2 Å². The van der Waals surface area contributed by atoms with Crippen LogP contribution in [0.5, 0.6) is 0 Å². The molecule has 0 unspecified atom stereocenters. The second-order valence-electron chi connectivity index (χ2n) is 5.31. The Morgan fingerprint density at radius 2 is 1.78 bits per heavy atom. The van der Waals surface area contributed by atoms with E-state index in [-0.39, 0.29) is 0 Å². The van der Waals surface area contributed by atoms with Gasteiger partial charge < -0.3 is 10.6 Å². The Morgan fingerprint density at radius 1 is 1.11 bits per heavy atom. The third kappa shape index (κ3) is 3.47. The van der Waals surface area contributed by atoms with E-state index >= 15 is 0 Å². The molecule has 0 radical (unpaired) electrons. The molecule has 18 heavy (non-hydrogen) atoms. The molecule has 0 spiro atoms. The van der Waals surface area contributed by atoms with Crippen molar-refractivity contribution in [3.63, 3.8) is 0 Å². The Balaban J connectivity index is 1.85. The van der Waals surface area contributed by atoms with Gasteiger partial charge in [-0.1, -0.05) is 19.1 Å². The van der Waals surface area contributed by atoms with Gasteiger partial charge >= 0.3 is 0 Å². The van der Waals surface area contributed by atoms with Gasteiger partial charge in [0.05, 0.1) is 0 Å². The first-order valence-electron chi connectivity index (χ1n) is 6.98. The molecule has 2 N–H and O–H groups in total. The molecular weight excluding hydrogens is 222 g/mol. The van der Waals surface area contributed by atoms with Crippen LogP contribution in [0.25, 0.3) is 0 Å². The van der Waals surface area contributed by atoms with Crippen LogP contribution in [0.1, 0.15) is 24.5 Å². The zero-order valence-corrected chi connectivity index (χ0v) is 11.7. The van der Waals surface area contributed by atoms with Gasteiger partial charge in [0.2, 0.25) is 0 Å². The van der Waals surface area contributed by atoms with E-state index in [1.54, 1.807) is 0 Å². The summed E-state index contributed by atoms with van der Waals surface area (Å²) in [6, 6.07) is 6.40. The third-order valence-corrected chi connectivity index (χ3v) is 3.75. The quantitative estimate of drug-likeness (QED) is 0.827. The maximum absolute atomic E-state index is 5.85. The molecule has 0 atom stereocenters. The monoisotopic (exact) mass is 247 g/mol. The minimum absolute atomic E-state index is 0.895. The zero-order chi connectivity index (χ0) is 13.0. The van der Waals surface area contributed by atoms with Crippen LogP contribution < -0.4 is 5.73 Å². The van der Waals surface area contributed by atoms with E-state index in [1.807, 2.05) is 6.07 Å². The minimum Gasteiger partial charge on any atom is -0.399 e. The molecule has 1 aliphatic rings. The van der Waals surface area contributed by atoms with Crippen LogP contribution in [0.4, 0.5) is 5.69 Å². The number of nitrogens with zero attached hydrogens (tertiary/aromatic N) is 2. The summed E-state index contributed by atoms with van der Waals surface area (Å²) in [6.07, 6.45) is 1.26. The summed E-state index contributed by atoms with van der Waals surface area (Å²) in [5, 5.41) is 0. The summed E-state index contributed by atoms with van der Waals surface area (Å²) >= 11 is 0. The van der Waals surface area contributed by atoms with Gasteiger partial charge in [0, 0.05) is 38.4 Å². The maximum Gasteiger partial charge on any atom is 0.0343 e. The number of hydrogen-bond donors (Lipinski definition) is 1. The van der Waals surface area contributed by atoms with Crippen molar-refractivity contribution in [2.45, 2.75) is 26.8 Å². The highest BCUT2D eigenvalue weighted by atomic mass is 15.3. The van der Waals surface area contributed by atoms with Crippen LogP contribution in [0, 0.1) is 6.92 Å². The molecule has 0 aromatic heterocycles. The van der Waals surface area contributed by atoms with Gasteiger partial charge in [-0.25, -0.2) is 0 Å². The van der Waals surface area contributed by atoms with E-state index in [1.165, 1.54) is 50.3 Å². The fourth-order valence-electron chi connectivity index (χ4n) is 2.58. The molecule has 3 nitrogen and oxygen atoms in total. The molecule has 0 bridgehead atoms. The highest BCUT2D eigenvalue weighted by Gasteiger charge is 2.16. The SMILES string of the molecule is CCCN1CCN(Cc2ccc(N)c(C)c2)CC1. The van der Waals surface area contributed by atoms with Gasteiger partial charge in [0.1, 0.15) is 0 Å². The molecule has 1 aromatic rings.